The van der Waals surface area contributed by atoms with Crippen molar-refractivity contribution in [1.82, 2.24) is 10.2 Å². The van der Waals surface area contributed by atoms with Gasteiger partial charge in [0.2, 0.25) is 5.91 Å². The van der Waals surface area contributed by atoms with Crippen LogP contribution in [0.4, 0.5) is 0 Å². The lowest BCUT2D eigenvalue weighted by atomic mass is 9.84. The molecule has 0 radical (unpaired) electrons. The summed E-state index contributed by atoms with van der Waals surface area (Å²) in [6, 6.07) is 0.493. The van der Waals surface area contributed by atoms with E-state index < -0.39 is 0 Å². The van der Waals surface area contributed by atoms with Crippen molar-refractivity contribution in [2.75, 3.05) is 20.1 Å². The highest BCUT2D eigenvalue weighted by atomic mass is 16.2. The lowest BCUT2D eigenvalue weighted by molar-refractivity contribution is -0.134. The summed E-state index contributed by atoms with van der Waals surface area (Å²) in [7, 11) is 2.02. The molecule has 0 aromatic heterocycles. The highest BCUT2D eigenvalue weighted by molar-refractivity contribution is 5.76. The van der Waals surface area contributed by atoms with Gasteiger partial charge in [-0.25, -0.2) is 0 Å². The Kier molecular flexibility index (Phi) is 5.04. The van der Waals surface area contributed by atoms with Crippen LogP contribution in [-0.4, -0.2) is 37.0 Å². The number of hydrogen-bond donors (Lipinski definition) is 1. The van der Waals surface area contributed by atoms with Crippen LogP contribution in [0.1, 0.15) is 51.9 Å². The zero-order valence-corrected chi connectivity index (χ0v) is 12.0. The molecule has 2 fully saturated rings. The van der Waals surface area contributed by atoms with Crippen LogP contribution in [0.25, 0.3) is 0 Å². The largest absolute Gasteiger partial charge is 0.343 e. The predicted molar refractivity (Wildman–Crippen MR) is 74.4 cm³/mol. The van der Waals surface area contributed by atoms with E-state index in [1.165, 1.54) is 38.5 Å². The number of nitrogens with zero attached hydrogens (tertiary/aromatic N) is 1. The van der Waals surface area contributed by atoms with Crippen molar-refractivity contribution in [2.24, 2.45) is 11.8 Å². The minimum absolute atomic E-state index is 0.376. The third kappa shape index (κ3) is 3.47. The van der Waals surface area contributed by atoms with Gasteiger partial charge >= 0.3 is 0 Å². The second kappa shape index (κ2) is 6.55. The van der Waals surface area contributed by atoms with Gasteiger partial charge in [-0.1, -0.05) is 19.8 Å². The van der Waals surface area contributed by atoms with Crippen LogP contribution in [0.5, 0.6) is 0 Å². The highest BCUT2D eigenvalue weighted by Crippen LogP contribution is 2.28. The van der Waals surface area contributed by atoms with E-state index in [1.54, 1.807) is 0 Å². The van der Waals surface area contributed by atoms with Gasteiger partial charge in [0, 0.05) is 19.5 Å². The van der Waals surface area contributed by atoms with E-state index in [1.807, 2.05) is 7.05 Å². The maximum Gasteiger partial charge on any atom is 0.222 e. The second-order valence-electron chi connectivity index (χ2n) is 6.23. The van der Waals surface area contributed by atoms with Crippen LogP contribution in [0, 0.1) is 11.8 Å². The molecule has 1 amide bonds. The van der Waals surface area contributed by atoms with Gasteiger partial charge in [-0.05, 0) is 50.6 Å². The van der Waals surface area contributed by atoms with E-state index in [9.17, 15) is 4.79 Å². The van der Waals surface area contributed by atoms with Gasteiger partial charge in [0.05, 0.1) is 0 Å². The molecule has 104 valence electrons. The second-order valence-corrected chi connectivity index (χ2v) is 6.23. The van der Waals surface area contributed by atoms with Gasteiger partial charge in [0.1, 0.15) is 0 Å². The summed E-state index contributed by atoms with van der Waals surface area (Å²) < 4.78 is 0. The third-order valence-corrected chi connectivity index (χ3v) is 4.88. The molecule has 2 unspecified atom stereocenters. The van der Waals surface area contributed by atoms with Gasteiger partial charge in [-0.3, -0.25) is 4.79 Å². The van der Waals surface area contributed by atoms with Gasteiger partial charge in [-0.15, -0.1) is 0 Å². The number of nitrogens with one attached hydrogen (secondary N) is 1. The molecule has 1 heterocycles. The first-order valence-corrected chi connectivity index (χ1v) is 7.65. The minimum Gasteiger partial charge on any atom is -0.343 e. The molecule has 0 aromatic carbocycles. The average molecular weight is 252 g/mol. The molecular weight excluding hydrogens is 224 g/mol. The molecule has 1 saturated heterocycles. The molecule has 1 N–H and O–H groups in total. The molecule has 0 aromatic rings. The fourth-order valence-corrected chi connectivity index (χ4v) is 3.53. The Bertz CT molecular complexity index is 274. The van der Waals surface area contributed by atoms with Gasteiger partial charge in [-0.2, -0.15) is 0 Å². The molecule has 0 spiro atoms. The quantitative estimate of drug-likeness (QED) is 0.836. The molecule has 2 atom stereocenters. The Morgan fingerprint density at radius 3 is 2.50 bits per heavy atom. The van der Waals surface area contributed by atoms with E-state index in [0.717, 1.165) is 19.5 Å². The number of rotatable bonds is 3. The number of carbonyl (C=O) groups excluding carboxylic acids is 1. The van der Waals surface area contributed by atoms with Crippen molar-refractivity contribution in [3.05, 3.63) is 0 Å². The number of piperidine rings is 1. The molecule has 3 nitrogen and oxygen atoms in total. The van der Waals surface area contributed by atoms with Crippen molar-refractivity contribution in [2.45, 2.75) is 57.9 Å². The van der Waals surface area contributed by atoms with E-state index >= 15 is 0 Å². The Hall–Kier alpha value is -0.570. The van der Waals surface area contributed by atoms with E-state index in [-0.39, 0.29) is 0 Å². The lowest BCUT2D eigenvalue weighted by Crippen LogP contribution is -2.43. The maximum absolute atomic E-state index is 12.4. The van der Waals surface area contributed by atoms with Crippen molar-refractivity contribution < 1.29 is 4.79 Å². The fraction of sp³-hybridized carbons (Fsp3) is 0.933. The highest BCUT2D eigenvalue weighted by Gasteiger charge is 2.29. The fourth-order valence-electron chi connectivity index (χ4n) is 3.53. The van der Waals surface area contributed by atoms with E-state index in [2.05, 4.69) is 17.1 Å². The van der Waals surface area contributed by atoms with E-state index in [0.29, 0.717) is 23.8 Å². The monoisotopic (exact) mass is 252 g/mol. The summed E-state index contributed by atoms with van der Waals surface area (Å²) in [6.45, 7) is 4.47. The molecule has 0 bridgehead atoms. The number of amides is 1. The number of hydrogen-bond acceptors (Lipinski definition) is 2. The Labute approximate surface area is 111 Å². The van der Waals surface area contributed by atoms with Crippen LogP contribution in [-0.2, 0) is 4.79 Å². The molecule has 2 aliphatic rings. The summed E-state index contributed by atoms with van der Waals surface area (Å²) in [5.41, 5.74) is 0. The van der Waals surface area contributed by atoms with E-state index in [4.69, 9.17) is 0 Å². The van der Waals surface area contributed by atoms with Gasteiger partial charge in [0.15, 0.2) is 0 Å². The maximum atomic E-state index is 12.4. The van der Waals surface area contributed by atoms with Crippen molar-refractivity contribution in [3.8, 4) is 0 Å². The standard InChI is InChI=1S/C15H28N2O/c1-12-5-3-4-6-14(12)17(2)15(18)11-13-7-9-16-10-8-13/h12-14,16H,3-11H2,1-2H3. The molecule has 2 rings (SSSR count). The van der Waals surface area contributed by atoms with Crippen molar-refractivity contribution in [3.63, 3.8) is 0 Å². The first kappa shape index (κ1) is 13.9. The van der Waals surface area contributed by atoms with Crippen molar-refractivity contribution >= 4 is 5.91 Å². The summed E-state index contributed by atoms with van der Waals surface area (Å²) in [5, 5.41) is 3.36. The third-order valence-electron chi connectivity index (χ3n) is 4.88. The zero-order valence-electron chi connectivity index (χ0n) is 12.0. The minimum atomic E-state index is 0.376. The molecular formula is C15H28N2O. The molecule has 1 aliphatic heterocycles. The molecule has 1 saturated carbocycles. The summed E-state index contributed by atoms with van der Waals surface area (Å²) in [6.07, 6.45) is 8.22. The smallest absolute Gasteiger partial charge is 0.222 e. The van der Waals surface area contributed by atoms with Crippen LogP contribution >= 0.6 is 0 Å². The first-order valence-electron chi connectivity index (χ1n) is 7.65. The van der Waals surface area contributed by atoms with Gasteiger partial charge in [0.25, 0.3) is 0 Å². The molecule has 18 heavy (non-hydrogen) atoms. The Morgan fingerprint density at radius 1 is 1.17 bits per heavy atom. The summed E-state index contributed by atoms with van der Waals surface area (Å²) in [5.74, 6) is 1.67. The predicted octanol–water partition coefficient (Wildman–Crippen LogP) is 2.41. The Morgan fingerprint density at radius 2 is 1.83 bits per heavy atom. The normalized spacial score (nSPS) is 30.1. The van der Waals surface area contributed by atoms with Gasteiger partial charge < -0.3 is 10.2 Å². The Balaban J connectivity index is 1.83. The summed E-state index contributed by atoms with van der Waals surface area (Å²) in [4.78, 5) is 14.4. The lowest BCUT2D eigenvalue weighted by Gasteiger charge is -2.37. The van der Waals surface area contributed by atoms with Crippen LogP contribution in [0.2, 0.25) is 0 Å². The first-order chi connectivity index (χ1) is 8.68. The van der Waals surface area contributed by atoms with Crippen LogP contribution in [0.3, 0.4) is 0 Å². The van der Waals surface area contributed by atoms with Crippen LogP contribution in [0.15, 0.2) is 0 Å². The molecule has 3 heteroatoms. The topological polar surface area (TPSA) is 32.3 Å². The van der Waals surface area contributed by atoms with Crippen molar-refractivity contribution in [1.29, 1.82) is 0 Å². The SMILES string of the molecule is CC1CCCCC1N(C)C(=O)CC1CCNCC1. The average Bonchev–Trinajstić information content (AvgIpc) is 2.39. The van der Waals surface area contributed by atoms with Crippen LogP contribution < -0.4 is 5.32 Å². The zero-order chi connectivity index (χ0) is 13.0. The summed E-state index contributed by atoms with van der Waals surface area (Å²) >= 11 is 0. The number of carbonyl (C=O) groups is 1. The molecule has 1 aliphatic carbocycles.